The van der Waals surface area contributed by atoms with E-state index < -0.39 is 0 Å². The maximum atomic E-state index is 9.88. The average Bonchev–Trinajstić information content (AvgIpc) is 2.63. The van der Waals surface area contributed by atoms with E-state index in [4.69, 9.17) is 12.2 Å². The first-order chi connectivity index (χ1) is 8.61. The van der Waals surface area contributed by atoms with Crippen LogP contribution in [0.5, 0.6) is 5.88 Å². The third-order valence-electron chi connectivity index (χ3n) is 2.25. The number of nitrogens with zero attached hydrogens (tertiary/aromatic N) is 3. The molecule has 94 valence electrons. The third kappa shape index (κ3) is 2.85. The summed E-state index contributed by atoms with van der Waals surface area (Å²) < 4.78 is 3.20. The number of benzene rings is 1. The van der Waals surface area contributed by atoms with Gasteiger partial charge in [0.2, 0.25) is 10.9 Å². The van der Waals surface area contributed by atoms with E-state index >= 15 is 0 Å². The number of aromatic hydroxyl groups is 1. The SMILES string of the molecule is CCn1c(O)c(N=Nc2ccc(Br)cc2)sc1=S. The Morgan fingerprint density at radius 3 is 2.56 bits per heavy atom. The molecule has 0 radical (unpaired) electrons. The second-order valence-corrected chi connectivity index (χ2v) is 5.96. The van der Waals surface area contributed by atoms with Crippen molar-refractivity contribution >= 4 is 50.2 Å². The van der Waals surface area contributed by atoms with E-state index in [1.54, 1.807) is 4.57 Å². The molecule has 4 nitrogen and oxygen atoms in total. The summed E-state index contributed by atoms with van der Waals surface area (Å²) >= 11 is 9.72. The molecular weight excluding hydrogens is 334 g/mol. The van der Waals surface area contributed by atoms with Crippen LogP contribution in [0.4, 0.5) is 10.7 Å². The Morgan fingerprint density at radius 1 is 1.33 bits per heavy atom. The predicted molar refractivity (Wildman–Crippen MR) is 78.8 cm³/mol. The number of azo groups is 1. The lowest BCUT2D eigenvalue weighted by Gasteiger charge is -1.97. The van der Waals surface area contributed by atoms with Crippen molar-refractivity contribution in [2.75, 3.05) is 0 Å². The quantitative estimate of drug-likeness (QED) is 0.616. The molecule has 1 aromatic heterocycles. The standard InChI is InChI=1S/C11H10BrN3OS2/c1-2-15-10(16)9(18-11(15)17)14-13-8-5-3-7(12)4-6-8/h3-6,16H,2H2,1H3. The molecule has 0 amide bonds. The lowest BCUT2D eigenvalue weighted by molar-refractivity contribution is 0.421. The highest BCUT2D eigenvalue weighted by atomic mass is 79.9. The highest BCUT2D eigenvalue weighted by molar-refractivity contribution is 9.10. The van der Waals surface area contributed by atoms with Crippen molar-refractivity contribution in [1.82, 2.24) is 4.57 Å². The largest absolute Gasteiger partial charge is 0.492 e. The Morgan fingerprint density at radius 2 is 2.00 bits per heavy atom. The minimum absolute atomic E-state index is 0.0772. The van der Waals surface area contributed by atoms with Gasteiger partial charge in [0.05, 0.1) is 5.69 Å². The molecule has 2 aromatic rings. The number of hydrogen-bond donors (Lipinski definition) is 1. The first-order valence-corrected chi connectivity index (χ1v) is 7.23. The highest BCUT2D eigenvalue weighted by Gasteiger charge is 2.09. The first-order valence-electron chi connectivity index (χ1n) is 5.21. The van der Waals surface area contributed by atoms with Crippen LogP contribution < -0.4 is 0 Å². The zero-order valence-electron chi connectivity index (χ0n) is 9.50. The molecule has 0 aliphatic rings. The Kier molecular flexibility index (Phi) is 4.26. The predicted octanol–water partition coefficient (Wildman–Crippen LogP) is 5.18. The van der Waals surface area contributed by atoms with Crippen LogP contribution in [0.2, 0.25) is 0 Å². The van der Waals surface area contributed by atoms with Crippen molar-refractivity contribution in [3.63, 3.8) is 0 Å². The van der Waals surface area contributed by atoms with E-state index in [2.05, 4.69) is 26.2 Å². The van der Waals surface area contributed by atoms with Crippen molar-refractivity contribution in [1.29, 1.82) is 0 Å². The summed E-state index contributed by atoms with van der Waals surface area (Å²) in [7, 11) is 0. The van der Waals surface area contributed by atoms with E-state index in [0.29, 0.717) is 15.5 Å². The fraction of sp³-hybridized carbons (Fsp3) is 0.182. The van der Waals surface area contributed by atoms with Crippen LogP contribution in [0.25, 0.3) is 0 Å². The van der Waals surface area contributed by atoms with Gasteiger partial charge in [-0.25, -0.2) is 0 Å². The minimum Gasteiger partial charge on any atom is -0.492 e. The maximum Gasteiger partial charge on any atom is 0.232 e. The zero-order valence-corrected chi connectivity index (χ0v) is 12.7. The molecule has 0 unspecified atom stereocenters. The molecule has 7 heteroatoms. The second kappa shape index (κ2) is 5.73. The molecule has 0 bridgehead atoms. The molecule has 0 aliphatic heterocycles. The van der Waals surface area contributed by atoms with Crippen molar-refractivity contribution in [3.05, 3.63) is 32.7 Å². The summed E-state index contributed by atoms with van der Waals surface area (Å²) in [4.78, 5) is 0. The van der Waals surface area contributed by atoms with Gasteiger partial charge < -0.3 is 5.11 Å². The lowest BCUT2D eigenvalue weighted by Crippen LogP contribution is -1.90. The molecular formula is C11H10BrN3OS2. The number of rotatable bonds is 3. The monoisotopic (exact) mass is 343 g/mol. The van der Waals surface area contributed by atoms with Gasteiger partial charge in [0.15, 0.2) is 3.95 Å². The molecule has 0 spiro atoms. The van der Waals surface area contributed by atoms with Gasteiger partial charge in [-0.05, 0) is 43.4 Å². The summed E-state index contributed by atoms with van der Waals surface area (Å²) in [5, 5.41) is 18.4. The first kappa shape index (κ1) is 13.4. The topological polar surface area (TPSA) is 49.9 Å². The van der Waals surface area contributed by atoms with Crippen molar-refractivity contribution in [2.24, 2.45) is 10.2 Å². The van der Waals surface area contributed by atoms with Crippen LogP contribution in [0, 0.1) is 3.95 Å². The molecule has 1 heterocycles. The van der Waals surface area contributed by atoms with Crippen LogP contribution in [0.3, 0.4) is 0 Å². The Bertz CT molecular complexity index is 631. The van der Waals surface area contributed by atoms with Gasteiger partial charge in [0, 0.05) is 11.0 Å². The van der Waals surface area contributed by atoms with E-state index in [-0.39, 0.29) is 5.88 Å². The lowest BCUT2D eigenvalue weighted by atomic mass is 10.3. The van der Waals surface area contributed by atoms with E-state index in [0.717, 1.165) is 10.2 Å². The van der Waals surface area contributed by atoms with Gasteiger partial charge in [0.25, 0.3) is 0 Å². The summed E-state index contributed by atoms with van der Waals surface area (Å²) in [6.07, 6.45) is 0. The van der Waals surface area contributed by atoms with Gasteiger partial charge >= 0.3 is 0 Å². The van der Waals surface area contributed by atoms with Gasteiger partial charge in [-0.3, -0.25) is 4.57 Å². The molecule has 0 saturated heterocycles. The summed E-state index contributed by atoms with van der Waals surface area (Å²) in [6.45, 7) is 2.53. The zero-order chi connectivity index (χ0) is 13.1. The number of thiazole rings is 1. The van der Waals surface area contributed by atoms with Crippen molar-refractivity contribution < 1.29 is 5.11 Å². The molecule has 0 saturated carbocycles. The maximum absolute atomic E-state index is 9.88. The molecule has 0 atom stereocenters. The third-order valence-corrected chi connectivity index (χ3v) is 4.10. The fourth-order valence-electron chi connectivity index (χ4n) is 1.34. The summed E-state index contributed by atoms with van der Waals surface area (Å²) in [5.74, 6) is 0.0772. The second-order valence-electron chi connectivity index (χ2n) is 3.42. The van der Waals surface area contributed by atoms with E-state index in [1.165, 1.54) is 11.3 Å². The molecule has 0 fully saturated rings. The van der Waals surface area contributed by atoms with Crippen molar-refractivity contribution in [2.45, 2.75) is 13.5 Å². The average molecular weight is 344 g/mol. The number of aromatic nitrogens is 1. The Labute approximate surface area is 122 Å². The van der Waals surface area contributed by atoms with E-state index in [9.17, 15) is 5.11 Å². The normalized spacial score (nSPS) is 11.2. The van der Waals surface area contributed by atoms with E-state index in [1.807, 2.05) is 31.2 Å². The van der Waals surface area contributed by atoms with Crippen molar-refractivity contribution in [3.8, 4) is 5.88 Å². The van der Waals surface area contributed by atoms with Crippen LogP contribution in [0.1, 0.15) is 6.92 Å². The Balaban J connectivity index is 2.29. The molecule has 18 heavy (non-hydrogen) atoms. The molecule has 1 aromatic carbocycles. The number of halogens is 1. The highest BCUT2D eigenvalue weighted by Crippen LogP contribution is 2.35. The molecule has 2 rings (SSSR count). The van der Waals surface area contributed by atoms with Gasteiger partial charge in [-0.2, -0.15) is 0 Å². The minimum atomic E-state index is 0.0772. The molecule has 1 N–H and O–H groups in total. The molecule has 0 aliphatic carbocycles. The van der Waals surface area contributed by atoms with Gasteiger partial charge in [-0.15, -0.1) is 10.2 Å². The van der Waals surface area contributed by atoms with Gasteiger partial charge in [-0.1, -0.05) is 27.3 Å². The smallest absolute Gasteiger partial charge is 0.232 e. The Hall–Kier alpha value is -1.05. The summed E-state index contributed by atoms with van der Waals surface area (Å²) in [6, 6.07) is 7.43. The summed E-state index contributed by atoms with van der Waals surface area (Å²) in [5.41, 5.74) is 0.722. The van der Waals surface area contributed by atoms with Crippen LogP contribution >= 0.6 is 39.5 Å². The van der Waals surface area contributed by atoms with Gasteiger partial charge in [0.1, 0.15) is 0 Å². The number of hydrogen-bond acceptors (Lipinski definition) is 5. The van der Waals surface area contributed by atoms with Crippen LogP contribution in [-0.4, -0.2) is 9.67 Å². The fourth-order valence-corrected chi connectivity index (χ4v) is 2.83. The van der Waals surface area contributed by atoms with Crippen LogP contribution in [-0.2, 0) is 6.54 Å². The van der Waals surface area contributed by atoms with Crippen LogP contribution in [0.15, 0.2) is 39.0 Å².